The molecule has 23 heavy (non-hydrogen) atoms. The van der Waals surface area contributed by atoms with Gasteiger partial charge in [0.25, 0.3) is 0 Å². The lowest BCUT2D eigenvalue weighted by molar-refractivity contribution is 0.412. The van der Waals surface area contributed by atoms with Crippen LogP contribution in [-0.2, 0) is 0 Å². The van der Waals surface area contributed by atoms with Crippen LogP contribution in [0.5, 0.6) is 11.5 Å². The number of phenolic OH excluding ortho intramolecular Hbond substituents is 1. The topological polar surface area (TPSA) is 63.1 Å². The normalized spacial score (nSPS) is 10.7. The summed E-state index contributed by atoms with van der Waals surface area (Å²) in [6.45, 7) is 3.93. The van der Waals surface area contributed by atoms with Gasteiger partial charge in [0.2, 0.25) is 0 Å². The van der Waals surface area contributed by atoms with Crippen LogP contribution >= 0.6 is 12.2 Å². The number of aromatic amines is 1. The smallest absolute Gasteiger partial charge is 0.200 e. The minimum absolute atomic E-state index is 0.222. The fraction of sp³-hybridized carbons (Fsp3) is 0.176. The monoisotopic (exact) mass is 327 g/mol. The van der Waals surface area contributed by atoms with Gasteiger partial charge in [-0.15, -0.1) is 0 Å². The van der Waals surface area contributed by atoms with Crippen molar-refractivity contribution < 1.29 is 9.84 Å². The maximum absolute atomic E-state index is 9.62. The summed E-state index contributed by atoms with van der Waals surface area (Å²) in [5.41, 5.74) is 3.72. The molecule has 1 aromatic heterocycles. The predicted molar refractivity (Wildman–Crippen MR) is 91.9 cm³/mol. The summed E-state index contributed by atoms with van der Waals surface area (Å²) in [4.78, 5) is 0. The number of methoxy groups -OCH3 is 1. The zero-order valence-electron chi connectivity index (χ0n) is 13.1. The molecule has 5 nitrogen and oxygen atoms in total. The van der Waals surface area contributed by atoms with Crippen LogP contribution in [0.3, 0.4) is 0 Å². The molecule has 1 heterocycles. The van der Waals surface area contributed by atoms with E-state index in [0.717, 1.165) is 22.4 Å². The maximum Gasteiger partial charge on any atom is 0.200 e. The number of nitrogens with zero attached hydrogens (tertiary/aromatic N) is 2. The third-order valence-corrected chi connectivity index (χ3v) is 3.97. The highest BCUT2D eigenvalue weighted by Crippen LogP contribution is 2.31. The summed E-state index contributed by atoms with van der Waals surface area (Å²) in [5, 5.41) is 16.8. The number of aromatic hydroxyl groups is 1. The van der Waals surface area contributed by atoms with Crippen LogP contribution in [0.2, 0.25) is 0 Å². The highest BCUT2D eigenvalue weighted by atomic mass is 32.1. The first-order chi connectivity index (χ1) is 11.0. The molecule has 0 unspecified atom stereocenters. The molecule has 2 aromatic carbocycles. The molecule has 6 heteroatoms. The van der Waals surface area contributed by atoms with Gasteiger partial charge in [0.05, 0.1) is 12.8 Å². The number of hydrogen-bond acceptors (Lipinski definition) is 4. The van der Waals surface area contributed by atoms with Gasteiger partial charge in [-0.1, -0.05) is 6.07 Å². The largest absolute Gasteiger partial charge is 0.508 e. The SMILES string of the molecule is COc1ccc(C)cc1-n1c(-c2ccc(O)cc2C)n[nH]c1=S. The van der Waals surface area contributed by atoms with E-state index in [4.69, 9.17) is 17.0 Å². The second-order valence-electron chi connectivity index (χ2n) is 5.36. The van der Waals surface area contributed by atoms with Crippen LogP contribution in [0.1, 0.15) is 11.1 Å². The molecule has 0 radical (unpaired) electrons. The first-order valence-corrected chi connectivity index (χ1v) is 7.54. The highest BCUT2D eigenvalue weighted by Gasteiger charge is 2.16. The molecule has 0 spiro atoms. The van der Waals surface area contributed by atoms with E-state index in [1.807, 2.05) is 42.7 Å². The van der Waals surface area contributed by atoms with E-state index in [0.29, 0.717) is 16.3 Å². The van der Waals surface area contributed by atoms with Gasteiger partial charge in [-0.05, 0) is 67.5 Å². The Bertz CT molecular complexity index is 928. The number of ether oxygens (including phenoxy) is 1. The van der Waals surface area contributed by atoms with Gasteiger partial charge in [0.15, 0.2) is 10.6 Å². The van der Waals surface area contributed by atoms with Crippen molar-refractivity contribution in [3.05, 3.63) is 52.3 Å². The molecule has 0 fully saturated rings. The lowest BCUT2D eigenvalue weighted by atomic mass is 10.1. The molecule has 0 bridgehead atoms. The van der Waals surface area contributed by atoms with E-state index in [1.165, 1.54) is 0 Å². The maximum atomic E-state index is 9.62. The van der Waals surface area contributed by atoms with Crippen molar-refractivity contribution in [3.63, 3.8) is 0 Å². The van der Waals surface area contributed by atoms with Crippen LogP contribution in [0.25, 0.3) is 17.1 Å². The van der Waals surface area contributed by atoms with Gasteiger partial charge in [0, 0.05) is 5.56 Å². The number of phenols is 1. The Kier molecular flexibility index (Phi) is 3.92. The van der Waals surface area contributed by atoms with Gasteiger partial charge < -0.3 is 9.84 Å². The molecule has 118 valence electrons. The van der Waals surface area contributed by atoms with Gasteiger partial charge in [-0.25, -0.2) is 0 Å². The summed E-state index contributed by atoms with van der Waals surface area (Å²) in [5.74, 6) is 1.61. The first-order valence-electron chi connectivity index (χ1n) is 7.13. The Morgan fingerprint density at radius 2 is 1.96 bits per heavy atom. The number of aromatic nitrogens is 3. The van der Waals surface area contributed by atoms with Crippen LogP contribution in [0.15, 0.2) is 36.4 Å². The minimum Gasteiger partial charge on any atom is -0.508 e. The van der Waals surface area contributed by atoms with Crippen LogP contribution < -0.4 is 4.74 Å². The van der Waals surface area contributed by atoms with Crippen LogP contribution in [-0.4, -0.2) is 27.0 Å². The Balaban J connectivity index is 2.29. The molecule has 0 aliphatic rings. The molecule has 2 N–H and O–H groups in total. The number of H-pyrrole nitrogens is 1. The van der Waals surface area contributed by atoms with E-state index in [9.17, 15) is 5.11 Å². The van der Waals surface area contributed by atoms with E-state index in [2.05, 4.69) is 10.2 Å². The summed E-state index contributed by atoms with van der Waals surface area (Å²) in [7, 11) is 1.63. The molecule has 0 aliphatic carbocycles. The van der Waals surface area contributed by atoms with E-state index < -0.39 is 0 Å². The molecule has 0 amide bonds. The molecule has 0 saturated carbocycles. The standard InChI is InChI=1S/C17H17N3O2S/c1-10-4-7-15(22-3)14(8-10)20-16(18-19-17(20)23)13-6-5-12(21)9-11(13)2/h4-9,21H,1-3H3,(H,19,23). The minimum atomic E-state index is 0.222. The lowest BCUT2D eigenvalue weighted by Gasteiger charge is -2.13. The van der Waals surface area contributed by atoms with E-state index in [-0.39, 0.29) is 5.75 Å². The Morgan fingerprint density at radius 1 is 1.17 bits per heavy atom. The quantitative estimate of drug-likeness (QED) is 0.716. The molecule has 0 atom stereocenters. The van der Waals surface area contributed by atoms with E-state index in [1.54, 1.807) is 19.2 Å². The summed E-state index contributed by atoms with van der Waals surface area (Å²) >= 11 is 5.41. The molecule has 0 aliphatic heterocycles. The van der Waals surface area contributed by atoms with Crippen LogP contribution in [0.4, 0.5) is 0 Å². The van der Waals surface area contributed by atoms with Crippen LogP contribution in [0, 0.1) is 18.6 Å². The summed E-state index contributed by atoms with van der Waals surface area (Å²) < 4.78 is 7.80. The van der Waals surface area contributed by atoms with Gasteiger partial charge >= 0.3 is 0 Å². The van der Waals surface area contributed by atoms with Gasteiger partial charge in [0.1, 0.15) is 11.5 Å². The number of aryl methyl sites for hydroxylation is 2. The van der Waals surface area contributed by atoms with Crippen molar-refractivity contribution in [2.75, 3.05) is 7.11 Å². The third-order valence-electron chi connectivity index (χ3n) is 3.70. The zero-order chi connectivity index (χ0) is 16.6. The predicted octanol–water partition coefficient (Wildman–Crippen LogP) is 3.93. The van der Waals surface area contributed by atoms with Crippen molar-refractivity contribution in [1.82, 2.24) is 14.8 Å². The zero-order valence-corrected chi connectivity index (χ0v) is 13.9. The fourth-order valence-electron chi connectivity index (χ4n) is 2.57. The second-order valence-corrected chi connectivity index (χ2v) is 5.75. The first kappa shape index (κ1) is 15.3. The fourth-order valence-corrected chi connectivity index (χ4v) is 2.81. The van der Waals surface area contributed by atoms with Crippen molar-refractivity contribution in [1.29, 1.82) is 0 Å². The van der Waals surface area contributed by atoms with Gasteiger partial charge in [-0.2, -0.15) is 5.10 Å². The van der Waals surface area contributed by atoms with Crippen molar-refractivity contribution >= 4 is 12.2 Å². The average molecular weight is 327 g/mol. The van der Waals surface area contributed by atoms with Crippen molar-refractivity contribution in [2.24, 2.45) is 0 Å². The van der Waals surface area contributed by atoms with Crippen molar-refractivity contribution in [3.8, 4) is 28.6 Å². The number of hydrogen-bond donors (Lipinski definition) is 2. The molecular weight excluding hydrogens is 310 g/mol. The summed E-state index contributed by atoms with van der Waals surface area (Å²) in [6.07, 6.45) is 0. The second kappa shape index (κ2) is 5.89. The number of rotatable bonds is 3. The molecular formula is C17H17N3O2S. The molecule has 0 saturated heterocycles. The molecule has 3 aromatic rings. The number of benzene rings is 2. The Morgan fingerprint density at radius 3 is 2.65 bits per heavy atom. The molecule has 3 rings (SSSR count). The lowest BCUT2D eigenvalue weighted by Crippen LogP contribution is -2.02. The van der Waals surface area contributed by atoms with Crippen molar-refractivity contribution in [2.45, 2.75) is 13.8 Å². The van der Waals surface area contributed by atoms with Gasteiger partial charge in [-0.3, -0.25) is 9.67 Å². The van der Waals surface area contributed by atoms with E-state index >= 15 is 0 Å². The Labute approximate surface area is 139 Å². The highest BCUT2D eigenvalue weighted by molar-refractivity contribution is 7.71. The number of nitrogens with one attached hydrogen (secondary N) is 1. The average Bonchev–Trinajstić information content (AvgIpc) is 2.88. The third kappa shape index (κ3) is 2.73. The Hall–Kier alpha value is -2.60. The summed E-state index contributed by atoms with van der Waals surface area (Å²) in [6, 6.07) is 11.1.